The Labute approximate surface area is 75.9 Å². The predicted octanol–water partition coefficient (Wildman–Crippen LogP) is 2.47. The lowest BCUT2D eigenvalue weighted by Gasteiger charge is -1.95. The van der Waals surface area contributed by atoms with Gasteiger partial charge in [-0.25, -0.2) is 9.38 Å². The molecule has 0 saturated carbocycles. The molecular weight excluding hydrogens is 173 g/mol. The standard InChI is InChI=1S/C9H8FNS/c10-9-3-1-8(2-4-9)5-6-11-7-12/h1-4H,5-6H2. The van der Waals surface area contributed by atoms with E-state index in [9.17, 15) is 4.39 Å². The highest BCUT2D eigenvalue weighted by Crippen LogP contribution is 2.02. The molecule has 0 bridgehead atoms. The number of thiocarbonyl (C=S) groups is 1. The van der Waals surface area contributed by atoms with Gasteiger partial charge in [0.1, 0.15) is 5.82 Å². The molecule has 0 fully saturated rings. The molecule has 0 aliphatic heterocycles. The molecule has 0 aliphatic rings. The highest BCUT2D eigenvalue weighted by Gasteiger charge is 1.91. The van der Waals surface area contributed by atoms with Gasteiger partial charge in [0, 0.05) is 0 Å². The molecule has 0 amide bonds. The number of rotatable bonds is 3. The van der Waals surface area contributed by atoms with Gasteiger partial charge < -0.3 is 0 Å². The largest absolute Gasteiger partial charge is 0.232 e. The van der Waals surface area contributed by atoms with Crippen LogP contribution in [0.1, 0.15) is 5.56 Å². The second-order valence-corrected chi connectivity index (χ2v) is 2.53. The Morgan fingerprint density at radius 2 is 2.00 bits per heavy atom. The van der Waals surface area contributed by atoms with Crippen LogP contribution in [0.15, 0.2) is 29.3 Å². The average molecular weight is 181 g/mol. The zero-order valence-corrected chi connectivity index (χ0v) is 7.27. The van der Waals surface area contributed by atoms with E-state index < -0.39 is 0 Å². The molecule has 0 heterocycles. The SMILES string of the molecule is Fc1ccc(CCN=C=S)cc1. The molecule has 1 nitrogen and oxygen atoms in total. The Balaban J connectivity index is 2.53. The fraction of sp³-hybridized carbons (Fsp3) is 0.222. The van der Waals surface area contributed by atoms with Crippen LogP contribution in [-0.4, -0.2) is 11.7 Å². The molecule has 0 saturated heterocycles. The number of isothiocyanates is 1. The molecule has 1 aromatic rings. The lowest BCUT2D eigenvalue weighted by Crippen LogP contribution is -1.88. The van der Waals surface area contributed by atoms with E-state index in [2.05, 4.69) is 22.4 Å². The minimum absolute atomic E-state index is 0.211. The number of aliphatic imine (C=N–C) groups is 1. The molecule has 0 atom stereocenters. The van der Waals surface area contributed by atoms with Gasteiger partial charge >= 0.3 is 0 Å². The normalized spacial score (nSPS) is 9.08. The summed E-state index contributed by atoms with van der Waals surface area (Å²) in [6, 6.07) is 6.37. The maximum Gasteiger partial charge on any atom is 0.123 e. The van der Waals surface area contributed by atoms with Crippen LogP contribution in [0, 0.1) is 5.82 Å². The third-order valence-electron chi connectivity index (χ3n) is 1.49. The van der Waals surface area contributed by atoms with Gasteiger partial charge in [0.2, 0.25) is 0 Å². The number of hydrogen-bond donors (Lipinski definition) is 0. The van der Waals surface area contributed by atoms with Crippen LogP contribution >= 0.6 is 12.2 Å². The van der Waals surface area contributed by atoms with E-state index in [0.717, 1.165) is 12.0 Å². The quantitative estimate of drug-likeness (QED) is 0.515. The topological polar surface area (TPSA) is 12.4 Å². The highest BCUT2D eigenvalue weighted by atomic mass is 32.1. The van der Waals surface area contributed by atoms with Crippen molar-refractivity contribution in [1.82, 2.24) is 0 Å². The summed E-state index contributed by atoms with van der Waals surface area (Å²) in [5.74, 6) is -0.211. The fourth-order valence-electron chi connectivity index (χ4n) is 0.882. The summed E-state index contributed by atoms with van der Waals surface area (Å²) in [6.45, 7) is 0.620. The maximum atomic E-state index is 12.4. The molecule has 0 N–H and O–H groups in total. The molecular formula is C9H8FNS. The average Bonchev–Trinajstić information content (AvgIpc) is 2.09. The highest BCUT2D eigenvalue weighted by molar-refractivity contribution is 7.78. The van der Waals surface area contributed by atoms with Crippen LogP contribution in [0.2, 0.25) is 0 Å². The van der Waals surface area contributed by atoms with Gasteiger partial charge in [-0.1, -0.05) is 12.1 Å². The molecule has 0 aromatic heterocycles. The maximum absolute atomic E-state index is 12.4. The van der Waals surface area contributed by atoms with Crippen molar-refractivity contribution in [3.63, 3.8) is 0 Å². The van der Waals surface area contributed by atoms with E-state index in [0.29, 0.717) is 6.54 Å². The van der Waals surface area contributed by atoms with Gasteiger partial charge in [-0.2, -0.15) is 0 Å². The first-order valence-electron chi connectivity index (χ1n) is 3.61. The van der Waals surface area contributed by atoms with Gasteiger partial charge in [0.25, 0.3) is 0 Å². The summed E-state index contributed by atoms with van der Waals surface area (Å²) in [6.07, 6.45) is 0.782. The van der Waals surface area contributed by atoms with Crippen LogP contribution in [-0.2, 0) is 6.42 Å². The number of halogens is 1. The first-order valence-corrected chi connectivity index (χ1v) is 4.02. The van der Waals surface area contributed by atoms with Crippen LogP contribution in [0.4, 0.5) is 4.39 Å². The number of benzene rings is 1. The Kier molecular flexibility index (Phi) is 3.58. The summed E-state index contributed by atoms with van der Waals surface area (Å²) in [4.78, 5) is 3.76. The monoisotopic (exact) mass is 181 g/mol. The Bertz CT molecular complexity index is 288. The van der Waals surface area contributed by atoms with Crippen LogP contribution in [0.25, 0.3) is 0 Å². The lowest BCUT2D eigenvalue weighted by atomic mass is 10.1. The van der Waals surface area contributed by atoms with Gasteiger partial charge in [0.15, 0.2) is 0 Å². The Hall–Kier alpha value is -1.05. The van der Waals surface area contributed by atoms with E-state index in [1.807, 2.05) is 0 Å². The summed E-state index contributed by atoms with van der Waals surface area (Å²) < 4.78 is 12.4. The molecule has 0 aliphatic carbocycles. The Morgan fingerprint density at radius 1 is 1.33 bits per heavy atom. The van der Waals surface area contributed by atoms with Crippen molar-refractivity contribution in [2.24, 2.45) is 4.99 Å². The zero-order valence-electron chi connectivity index (χ0n) is 6.46. The van der Waals surface area contributed by atoms with Gasteiger partial charge in [-0.3, -0.25) is 0 Å². The zero-order chi connectivity index (χ0) is 8.81. The van der Waals surface area contributed by atoms with Crippen molar-refractivity contribution < 1.29 is 4.39 Å². The van der Waals surface area contributed by atoms with Crippen LogP contribution in [0.3, 0.4) is 0 Å². The third kappa shape index (κ3) is 2.91. The summed E-state index contributed by atoms with van der Waals surface area (Å²) in [7, 11) is 0. The van der Waals surface area contributed by atoms with Crippen molar-refractivity contribution >= 4 is 17.4 Å². The molecule has 3 heteroatoms. The minimum atomic E-state index is -0.211. The second kappa shape index (κ2) is 4.75. The first kappa shape index (κ1) is 9.04. The fourth-order valence-corrected chi connectivity index (χ4v) is 0.973. The molecule has 0 radical (unpaired) electrons. The minimum Gasteiger partial charge on any atom is -0.232 e. The van der Waals surface area contributed by atoms with Crippen molar-refractivity contribution in [2.75, 3.05) is 6.54 Å². The van der Waals surface area contributed by atoms with Crippen LogP contribution in [0.5, 0.6) is 0 Å². The first-order chi connectivity index (χ1) is 5.83. The van der Waals surface area contributed by atoms with E-state index >= 15 is 0 Å². The van der Waals surface area contributed by atoms with Crippen molar-refractivity contribution in [3.8, 4) is 0 Å². The molecule has 12 heavy (non-hydrogen) atoms. The van der Waals surface area contributed by atoms with Gasteiger partial charge in [-0.15, -0.1) is 0 Å². The summed E-state index contributed by atoms with van der Waals surface area (Å²) in [5.41, 5.74) is 1.06. The molecule has 0 unspecified atom stereocenters. The van der Waals surface area contributed by atoms with Crippen molar-refractivity contribution in [2.45, 2.75) is 6.42 Å². The van der Waals surface area contributed by atoms with E-state index in [4.69, 9.17) is 0 Å². The smallest absolute Gasteiger partial charge is 0.123 e. The molecule has 1 rings (SSSR count). The number of nitrogens with zero attached hydrogens (tertiary/aromatic N) is 1. The molecule has 1 aromatic carbocycles. The Morgan fingerprint density at radius 3 is 2.58 bits per heavy atom. The van der Waals surface area contributed by atoms with Crippen molar-refractivity contribution in [1.29, 1.82) is 0 Å². The van der Waals surface area contributed by atoms with Crippen LogP contribution < -0.4 is 0 Å². The van der Waals surface area contributed by atoms with Gasteiger partial charge in [0.05, 0.1) is 11.7 Å². The molecule has 0 spiro atoms. The second-order valence-electron chi connectivity index (χ2n) is 2.35. The van der Waals surface area contributed by atoms with E-state index in [-0.39, 0.29) is 5.82 Å². The predicted molar refractivity (Wildman–Crippen MR) is 50.0 cm³/mol. The summed E-state index contributed by atoms with van der Waals surface area (Å²) >= 11 is 4.41. The molecule has 62 valence electrons. The summed E-state index contributed by atoms with van der Waals surface area (Å²) in [5, 5.41) is 2.28. The van der Waals surface area contributed by atoms with Crippen molar-refractivity contribution in [3.05, 3.63) is 35.6 Å². The van der Waals surface area contributed by atoms with Gasteiger partial charge in [-0.05, 0) is 36.3 Å². The number of hydrogen-bond acceptors (Lipinski definition) is 2. The van der Waals surface area contributed by atoms with E-state index in [1.165, 1.54) is 12.1 Å². The van der Waals surface area contributed by atoms with E-state index in [1.54, 1.807) is 12.1 Å². The third-order valence-corrected chi connectivity index (χ3v) is 1.62. The lowest BCUT2D eigenvalue weighted by molar-refractivity contribution is 0.627.